The molecule has 27 heavy (non-hydrogen) atoms. The van der Waals surface area contributed by atoms with E-state index in [0.717, 1.165) is 40.9 Å². The Morgan fingerprint density at radius 1 is 0.963 bits per heavy atom. The first-order valence-electron chi connectivity index (χ1n) is 9.48. The number of carbonyl (C=O) groups is 2. The van der Waals surface area contributed by atoms with Gasteiger partial charge in [0.15, 0.2) is 6.61 Å². The predicted molar refractivity (Wildman–Crippen MR) is 110 cm³/mol. The maximum absolute atomic E-state index is 12.0. The molecule has 0 unspecified atom stereocenters. The van der Waals surface area contributed by atoms with Crippen molar-refractivity contribution in [3.05, 3.63) is 40.9 Å². The fraction of sp³-hybridized carbons (Fsp3) is 0.429. The Morgan fingerprint density at radius 2 is 1.67 bits per heavy atom. The number of amides is 2. The van der Waals surface area contributed by atoms with Gasteiger partial charge in [-0.1, -0.05) is 47.3 Å². The molecule has 0 aromatic heterocycles. The summed E-state index contributed by atoms with van der Waals surface area (Å²) in [5, 5.41) is 7.84. The monoisotopic (exact) mass is 432 g/mol. The molecule has 0 spiro atoms. The van der Waals surface area contributed by atoms with E-state index in [4.69, 9.17) is 4.74 Å². The Labute approximate surface area is 168 Å². The molecule has 0 radical (unpaired) electrons. The first-order chi connectivity index (χ1) is 13.1. The molecule has 3 rings (SSSR count). The number of ether oxygens (including phenoxy) is 1. The molecule has 144 valence electrons. The summed E-state index contributed by atoms with van der Waals surface area (Å²) >= 11 is 3.45. The molecule has 2 aromatic rings. The lowest BCUT2D eigenvalue weighted by Gasteiger charge is -2.20. The van der Waals surface area contributed by atoms with Crippen molar-refractivity contribution in [3.8, 4) is 5.75 Å². The minimum atomic E-state index is -0.196. The molecule has 0 heterocycles. The van der Waals surface area contributed by atoms with E-state index in [1.807, 2.05) is 36.4 Å². The number of rotatable bonds is 7. The average Bonchev–Trinajstić information content (AvgIpc) is 2.70. The summed E-state index contributed by atoms with van der Waals surface area (Å²) in [4.78, 5) is 23.9. The lowest BCUT2D eigenvalue weighted by atomic mass is 9.89. The van der Waals surface area contributed by atoms with Gasteiger partial charge in [0.2, 0.25) is 5.91 Å². The molecule has 1 fully saturated rings. The highest BCUT2D eigenvalue weighted by Gasteiger charge is 2.20. The summed E-state index contributed by atoms with van der Waals surface area (Å²) in [5.74, 6) is 0.720. The second kappa shape index (κ2) is 9.74. The predicted octanol–water partition coefficient (Wildman–Crippen LogP) is 3.79. The van der Waals surface area contributed by atoms with Gasteiger partial charge in [0.1, 0.15) is 5.75 Å². The SMILES string of the molecule is O=C(COc1ccc2cc(Br)ccc2c1)NCCNC(=O)C1CCCCC1. The molecule has 1 saturated carbocycles. The Hall–Kier alpha value is -2.08. The summed E-state index contributed by atoms with van der Waals surface area (Å²) in [7, 11) is 0. The number of hydrogen-bond acceptors (Lipinski definition) is 3. The van der Waals surface area contributed by atoms with Crippen molar-refractivity contribution in [3.63, 3.8) is 0 Å². The van der Waals surface area contributed by atoms with Gasteiger partial charge in [0.25, 0.3) is 5.91 Å². The number of halogens is 1. The van der Waals surface area contributed by atoms with Crippen LogP contribution in [0.3, 0.4) is 0 Å². The van der Waals surface area contributed by atoms with E-state index >= 15 is 0 Å². The first kappa shape index (κ1) is 19.7. The Balaban J connectivity index is 1.36. The zero-order chi connectivity index (χ0) is 19.1. The minimum absolute atomic E-state index is 0.0430. The third kappa shape index (κ3) is 5.96. The van der Waals surface area contributed by atoms with Gasteiger partial charge < -0.3 is 15.4 Å². The quantitative estimate of drug-likeness (QED) is 0.653. The highest BCUT2D eigenvalue weighted by Crippen LogP contribution is 2.24. The van der Waals surface area contributed by atoms with Gasteiger partial charge in [0.05, 0.1) is 0 Å². The third-order valence-corrected chi connectivity index (χ3v) is 5.36. The van der Waals surface area contributed by atoms with E-state index in [1.165, 1.54) is 6.42 Å². The fourth-order valence-corrected chi connectivity index (χ4v) is 3.76. The van der Waals surface area contributed by atoms with Crippen molar-refractivity contribution in [1.82, 2.24) is 10.6 Å². The van der Waals surface area contributed by atoms with Gasteiger partial charge in [-0.05, 0) is 47.9 Å². The number of fused-ring (bicyclic) bond motifs is 1. The second-order valence-electron chi connectivity index (χ2n) is 6.92. The van der Waals surface area contributed by atoms with Crippen LogP contribution in [0.25, 0.3) is 10.8 Å². The highest BCUT2D eigenvalue weighted by atomic mass is 79.9. The van der Waals surface area contributed by atoms with Crippen molar-refractivity contribution in [2.45, 2.75) is 32.1 Å². The lowest BCUT2D eigenvalue weighted by Crippen LogP contribution is -2.39. The van der Waals surface area contributed by atoms with Crippen LogP contribution < -0.4 is 15.4 Å². The topological polar surface area (TPSA) is 67.4 Å². The zero-order valence-corrected chi connectivity index (χ0v) is 16.9. The van der Waals surface area contributed by atoms with Gasteiger partial charge in [-0.2, -0.15) is 0 Å². The van der Waals surface area contributed by atoms with Crippen LogP contribution in [0, 0.1) is 5.92 Å². The number of hydrogen-bond donors (Lipinski definition) is 2. The van der Waals surface area contributed by atoms with Crippen molar-refractivity contribution >= 4 is 38.5 Å². The van der Waals surface area contributed by atoms with E-state index in [1.54, 1.807) is 0 Å². The molecule has 0 atom stereocenters. The van der Waals surface area contributed by atoms with Crippen LogP contribution in [0.15, 0.2) is 40.9 Å². The van der Waals surface area contributed by atoms with Crippen LogP contribution >= 0.6 is 15.9 Å². The third-order valence-electron chi connectivity index (χ3n) is 4.87. The van der Waals surface area contributed by atoms with E-state index in [9.17, 15) is 9.59 Å². The molecule has 5 nitrogen and oxygen atoms in total. The van der Waals surface area contributed by atoms with Gasteiger partial charge in [-0.25, -0.2) is 0 Å². The molecule has 2 aromatic carbocycles. The number of carbonyl (C=O) groups excluding carboxylic acids is 2. The molecule has 2 amide bonds. The molecule has 0 saturated heterocycles. The van der Waals surface area contributed by atoms with E-state index in [0.29, 0.717) is 18.8 Å². The van der Waals surface area contributed by atoms with Gasteiger partial charge in [-0.3, -0.25) is 9.59 Å². The summed E-state index contributed by atoms with van der Waals surface area (Å²) in [6.07, 6.45) is 5.47. The van der Waals surface area contributed by atoms with E-state index in [-0.39, 0.29) is 24.3 Å². The van der Waals surface area contributed by atoms with Gasteiger partial charge in [0, 0.05) is 23.5 Å². The van der Waals surface area contributed by atoms with Gasteiger partial charge in [-0.15, -0.1) is 0 Å². The van der Waals surface area contributed by atoms with Crippen LogP contribution in [-0.4, -0.2) is 31.5 Å². The van der Waals surface area contributed by atoms with Crippen molar-refractivity contribution in [2.24, 2.45) is 5.92 Å². The lowest BCUT2D eigenvalue weighted by molar-refractivity contribution is -0.126. The molecular formula is C21H25BrN2O3. The van der Waals surface area contributed by atoms with E-state index < -0.39 is 0 Å². The van der Waals surface area contributed by atoms with Crippen LogP contribution in [0.2, 0.25) is 0 Å². The maximum atomic E-state index is 12.0. The first-order valence-corrected chi connectivity index (χ1v) is 10.3. The Bertz CT molecular complexity index is 803. The van der Waals surface area contributed by atoms with Crippen LogP contribution in [0.1, 0.15) is 32.1 Å². The zero-order valence-electron chi connectivity index (χ0n) is 15.3. The average molecular weight is 433 g/mol. The van der Waals surface area contributed by atoms with Crippen molar-refractivity contribution in [2.75, 3.05) is 19.7 Å². The van der Waals surface area contributed by atoms with Crippen LogP contribution in [-0.2, 0) is 9.59 Å². The molecular weight excluding hydrogens is 408 g/mol. The minimum Gasteiger partial charge on any atom is -0.484 e. The molecule has 0 bridgehead atoms. The Morgan fingerprint density at radius 3 is 2.48 bits per heavy atom. The standard InChI is InChI=1S/C21H25BrN2O3/c22-18-8-6-17-13-19(9-7-16(17)12-18)27-14-20(25)23-10-11-24-21(26)15-4-2-1-3-5-15/h6-9,12-13,15H,1-5,10-11,14H2,(H,23,25)(H,24,26). The van der Waals surface area contributed by atoms with Crippen LogP contribution in [0.5, 0.6) is 5.75 Å². The van der Waals surface area contributed by atoms with E-state index in [2.05, 4.69) is 26.6 Å². The van der Waals surface area contributed by atoms with Crippen LogP contribution in [0.4, 0.5) is 0 Å². The smallest absolute Gasteiger partial charge is 0.258 e. The molecule has 6 heteroatoms. The van der Waals surface area contributed by atoms with Crippen molar-refractivity contribution < 1.29 is 14.3 Å². The molecule has 2 N–H and O–H groups in total. The molecule has 1 aliphatic carbocycles. The van der Waals surface area contributed by atoms with Crippen molar-refractivity contribution in [1.29, 1.82) is 0 Å². The number of benzene rings is 2. The van der Waals surface area contributed by atoms with Gasteiger partial charge >= 0.3 is 0 Å². The largest absolute Gasteiger partial charge is 0.484 e. The summed E-state index contributed by atoms with van der Waals surface area (Å²) in [5.41, 5.74) is 0. The summed E-state index contributed by atoms with van der Waals surface area (Å²) < 4.78 is 6.59. The summed E-state index contributed by atoms with van der Waals surface area (Å²) in [6.45, 7) is 0.816. The molecule has 1 aliphatic rings. The normalized spacial score (nSPS) is 14.7. The maximum Gasteiger partial charge on any atom is 0.258 e. The second-order valence-corrected chi connectivity index (χ2v) is 7.83. The molecule has 0 aliphatic heterocycles. The summed E-state index contributed by atoms with van der Waals surface area (Å²) in [6, 6.07) is 11.7. The Kier molecular flexibility index (Phi) is 7.10. The fourth-order valence-electron chi connectivity index (χ4n) is 3.38. The highest BCUT2D eigenvalue weighted by molar-refractivity contribution is 9.10. The number of nitrogens with one attached hydrogen (secondary N) is 2.